The maximum atomic E-state index is 15.0. The molecule has 212 valence electrons. The fraction of sp³-hybridized carbons (Fsp3) is 0.720. The summed E-state index contributed by atoms with van der Waals surface area (Å²) in [7, 11) is -6.19. The van der Waals surface area contributed by atoms with E-state index in [1.165, 1.54) is 0 Å². The number of rotatable bonds is 9. The molecule has 4 saturated carbocycles. The number of hydrogen-bond acceptors (Lipinski definition) is 7. The summed E-state index contributed by atoms with van der Waals surface area (Å²) >= 11 is 0. The minimum atomic E-state index is -6.19. The van der Waals surface area contributed by atoms with Crippen molar-refractivity contribution in [3.63, 3.8) is 0 Å². The number of carbonyl (C=O) groups is 1. The van der Waals surface area contributed by atoms with Gasteiger partial charge in [-0.3, -0.25) is 8.98 Å². The fourth-order valence-corrected chi connectivity index (χ4v) is 7.92. The molecule has 1 aliphatic heterocycles. The summed E-state index contributed by atoms with van der Waals surface area (Å²) in [5.74, 6) is -2.53. The van der Waals surface area contributed by atoms with Gasteiger partial charge in [-0.25, -0.2) is 0 Å². The van der Waals surface area contributed by atoms with E-state index >= 15 is 8.78 Å². The van der Waals surface area contributed by atoms with Gasteiger partial charge in [-0.15, -0.1) is 0 Å². The Bertz CT molecular complexity index is 1100. The van der Waals surface area contributed by atoms with Gasteiger partial charge < -0.3 is 14.2 Å². The molecule has 4 bridgehead atoms. The maximum Gasteiger partial charge on any atom is 0.432 e. The van der Waals surface area contributed by atoms with Gasteiger partial charge in [0.25, 0.3) is 6.10 Å². The van der Waals surface area contributed by atoms with E-state index < -0.39 is 57.9 Å². The van der Waals surface area contributed by atoms with Crippen molar-refractivity contribution in [3.8, 4) is 0 Å². The van der Waals surface area contributed by atoms with Crippen LogP contribution in [0.15, 0.2) is 30.3 Å². The van der Waals surface area contributed by atoms with Crippen LogP contribution >= 0.6 is 0 Å². The fourth-order valence-electron chi connectivity index (χ4n) is 7.02. The Morgan fingerprint density at radius 1 is 0.947 bits per heavy atom. The molecule has 0 N–H and O–H groups in total. The van der Waals surface area contributed by atoms with Crippen molar-refractivity contribution in [2.45, 2.75) is 68.3 Å². The lowest BCUT2D eigenvalue weighted by atomic mass is 9.49. The average Bonchev–Trinajstić information content (AvgIpc) is 3.31. The summed E-state index contributed by atoms with van der Waals surface area (Å²) in [5.41, 5.74) is -0.832. The number of ether oxygens (including phenoxy) is 3. The van der Waals surface area contributed by atoms with Gasteiger partial charge in [0.1, 0.15) is 0 Å². The molecule has 7 nitrogen and oxygen atoms in total. The van der Waals surface area contributed by atoms with E-state index in [4.69, 9.17) is 9.47 Å². The van der Waals surface area contributed by atoms with Crippen LogP contribution in [0.5, 0.6) is 0 Å². The van der Waals surface area contributed by atoms with Gasteiger partial charge in [-0.1, -0.05) is 30.3 Å². The van der Waals surface area contributed by atoms with Crippen molar-refractivity contribution in [2.75, 3.05) is 19.8 Å². The molecule has 0 aromatic heterocycles. The van der Waals surface area contributed by atoms with Crippen molar-refractivity contribution in [3.05, 3.63) is 35.9 Å². The zero-order valence-electron chi connectivity index (χ0n) is 20.4. The first kappa shape index (κ1) is 27.7. The Hall–Kier alpha value is -1.83. The van der Waals surface area contributed by atoms with E-state index in [2.05, 4.69) is 8.92 Å². The van der Waals surface area contributed by atoms with Crippen LogP contribution in [0.1, 0.15) is 50.5 Å². The van der Waals surface area contributed by atoms with Crippen LogP contribution in [0, 0.1) is 23.2 Å². The molecule has 1 atom stereocenters. The minimum Gasteiger partial charge on any atom is -0.444 e. The van der Waals surface area contributed by atoms with Crippen molar-refractivity contribution in [1.29, 1.82) is 0 Å². The van der Waals surface area contributed by atoms with Crippen LogP contribution in [0.3, 0.4) is 0 Å². The lowest BCUT2D eigenvalue weighted by molar-refractivity contribution is -0.266. The smallest absolute Gasteiger partial charge is 0.432 e. The molecule has 38 heavy (non-hydrogen) atoms. The second-order valence-corrected chi connectivity index (χ2v) is 12.6. The van der Waals surface area contributed by atoms with Crippen LogP contribution in [-0.2, 0) is 39.1 Å². The Morgan fingerprint density at radius 2 is 1.47 bits per heavy atom. The van der Waals surface area contributed by atoms with Crippen LogP contribution in [0.25, 0.3) is 0 Å². The first-order valence-electron chi connectivity index (χ1n) is 12.6. The Labute approximate surface area is 217 Å². The van der Waals surface area contributed by atoms with E-state index in [1.807, 2.05) is 0 Å². The Morgan fingerprint density at radius 3 is 1.97 bits per heavy atom. The topological polar surface area (TPSA) is 88.1 Å². The largest absolute Gasteiger partial charge is 0.444 e. The van der Waals surface area contributed by atoms with E-state index in [1.54, 1.807) is 30.3 Å². The van der Waals surface area contributed by atoms with Crippen molar-refractivity contribution in [1.82, 2.24) is 0 Å². The molecule has 0 spiro atoms. The molecule has 1 saturated heterocycles. The molecule has 1 heterocycles. The second-order valence-electron chi connectivity index (χ2n) is 10.9. The first-order chi connectivity index (χ1) is 17.8. The third-order valence-electron chi connectivity index (χ3n) is 8.27. The van der Waals surface area contributed by atoms with Gasteiger partial charge in [-0.2, -0.15) is 30.4 Å². The number of hydrogen-bond donors (Lipinski definition) is 0. The summed E-state index contributed by atoms with van der Waals surface area (Å²) < 4.78 is 116. The number of halogens is 5. The zero-order chi connectivity index (χ0) is 27.4. The third kappa shape index (κ3) is 4.95. The summed E-state index contributed by atoms with van der Waals surface area (Å²) in [6.45, 7) is -0.692. The predicted molar refractivity (Wildman–Crippen MR) is 121 cm³/mol. The molecule has 5 fully saturated rings. The maximum absolute atomic E-state index is 15.0. The van der Waals surface area contributed by atoms with Crippen LogP contribution in [0.2, 0.25) is 0 Å². The number of carbonyl (C=O) groups excluding carboxylic acids is 1. The van der Waals surface area contributed by atoms with Crippen molar-refractivity contribution >= 4 is 16.1 Å². The summed E-state index contributed by atoms with van der Waals surface area (Å²) in [6.07, 6.45) is -7.11. The van der Waals surface area contributed by atoms with Crippen molar-refractivity contribution in [2.24, 2.45) is 23.2 Å². The average molecular weight is 569 g/mol. The normalized spacial score (nSPS) is 31.3. The van der Waals surface area contributed by atoms with Gasteiger partial charge in [0, 0.05) is 12.0 Å². The number of alkyl halides is 5. The highest BCUT2D eigenvalue weighted by Gasteiger charge is 2.68. The quantitative estimate of drug-likeness (QED) is 0.238. The zero-order valence-corrected chi connectivity index (χ0v) is 21.2. The molecule has 5 aliphatic rings. The van der Waals surface area contributed by atoms with Crippen LogP contribution < -0.4 is 0 Å². The highest BCUT2D eigenvalue weighted by molar-refractivity contribution is 7.87. The molecule has 1 unspecified atom stereocenters. The molecule has 1 aromatic rings. The van der Waals surface area contributed by atoms with Crippen LogP contribution in [0.4, 0.5) is 22.0 Å². The lowest BCUT2D eigenvalue weighted by Gasteiger charge is -2.55. The monoisotopic (exact) mass is 568 g/mol. The Balaban J connectivity index is 1.30. The highest BCUT2D eigenvalue weighted by atomic mass is 32.2. The number of esters is 1. The third-order valence-corrected chi connectivity index (χ3v) is 9.63. The van der Waals surface area contributed by atoms with E-state index in [-0.39, 0.29) is 50.2 Å². The summed E-state index contributed by atoms with van der Waals surface area (Å²) in [6, 6.07) is 8.23. The first-order valence-corrected chi connectivity index (χ1v) is 14.1. The number of benzene rings is 1. The molecule has 1 aromatic carbocycles. The van der Waals surface area contributed by atoms with Gasteiger partial charge in [0.2, 0.25) is 0 Å². The molecule has 6 rings (SSSR count). The van der Waals surface area contributed by atoms with Gasteiger partial charge >= 0.3 is 27.5 Å². The second kappa shape index (κ2) is 9.67. The van der Waals surface area contributed by atoms with Crippen LogP contribution in [-0.4, -0.2) is 51.7 Å². The summed E-state index contributed by atoms with van der Waals surface area (Å²) in [4.78, 5) is 13.0. The molecular weight excluding hydrogens is 539 g/mol. The molecule has 0 radical (unpaired) electrons. The van der Waals surface area contributed by atoms with Crippen molar-refractivity contribution < 1.29 is 53.6 Å². The minimum absolute atomic E-state index is 0.127. The van der Waals surface area contributed by atoms with Gasteiger partial charge in [-0.05, 0) is 56.3 Å². The lowest BCUT2D eigenvalue weighted by Crippen LogP contribution is -2.56. The van der Waals surface area contributed by atoms with Gasteiger partial charge in [0.05, 0.1) is 25.2 Å². The van der Waals surface area contributed by atoms with Gasteiger partial charge in [0.15, 0.2) is 5.79 Å². The molecule has 13 heteroatoms. The SMILES string of the molecule is O=C(OC(C(F)(F)F)C(F)(F)S(=O)(=O)OCCC1(c2ccccc2)OCCO1)C12CC3CC(CC(C3)C1)C2. The summed E-state index contributed by atoms with van der Waals surface area (Å²) in [5, 5.41) is -5.58. The molecule has 0 amide bonds. The Kier molecular flexibility index (Phi) is 7.05. The molecule has 4 aliphatic carbocycles. The predicted octanol–water partition coefficient (Wildman–Crippen LogP) is 4.91. The molecular formula is C25H29F5O7S. The van der Waals surface area contributed by atoms with E-state index in [9.17, 15) is 26.4 Å². The standard InChI is InChI=1S/C25H29F5O7S/c26-24(27,28)20(37-21(31)22-13-16-10-17(14-22)12-18(11-16)15-22)25(29,30)38(32,33)36-7-6-23(34-8-9-35-23)19-4-2-1-3-5-19/h1-5,16-18,20H,6-15H2. The van der Waals surface area contributed by atoms with E-state index in [0.29, 0.717) is 5.56 Å². The highest BCUT2D eigenvalue weighted by Crippen LogP contribution is 2.61. The van der Waals surface area contributed by atoms with E-state index in [0.717, 1.165) is 19.3 Å².